The van der Waals surface area contributed by atoms with Gasteiger partial charge in [0.1, 0.15) is 18.1 Å². The van der Waals surface area contributed by atoms with E-state index in [0.29, 0.717) is 5.69 Å². The molecule has 0 aliphatic heterocycles. The Hall–Kier alpha value is -2.24. The van der Waals surface area contributed by atoms with Gasteiger partial charge in [-0.15, -0.1) is 5.10 Å². The molecule has 0 unspecified atom stereocenters. The maximum atomic E-state index is 12.8. The number of carbonyl (C=O) groups excluding carboxylic acids is 1. The van der Waals surface area contributed by atoms with E-state index in [1.165, 1.54) is 12.1 Å². The summed E-state index contributed by atoms with van der Waals surface area (Å²) in [5.41, 5.74) is 1.60. The number of benzene rings is 1. The Kier molecular flexibility index (Phi) is 3.22. The fraction of sp³-hybridized carbons (Fsp3) is 0.357. The first-order valence-electron chi connectivity index (χ1n) is 6.41. The highest BCUT2D eigenvalue weighted by Crippen LogP contribution is 2.48. The molecule has 6 heteroatoms. The molecular weight excluding hydrogens is 261 g/mol. The second-order valence-corrected chi connectivity index (χ2v) is 4.99. The summed E-state index contributed by atoms with van der Waals surface area (Å²) in [6.45, 7) is 0.138. The number of carbonyl (C=O) groups is 1. The molecule has 3 rings (SSSR count). The van der Waals surface area contributed by atoms with Crippen LogP contribution in [0.1, 0.15) is 23.6 Å². The SMILES string of the molecule is Cn1cc(COC(=O)[C@@H]2C[C@@H]2c2ccc(F)cc2)nn1. The lowest BCUT2D eigenvalue weighted by atomic mass is 10.1. The Balaban J connectivity index is 1.53. The van der Waals surface area contributed by atoms with Gasteiger partial charge in [-0.3, -0.25) is 9.48 Å². The maximum Gasteiger partial charge on any atom is 0.309 e. The molecule has 0 amide bonds. The largest absolute Gasteiger partial charge is 0.459 e. The van der Waals surface area contributed by atoms with Gasteiger partial charge in [-0.25, -0.2) is 4.39 Å². The number of hydrogen-bond donors (Lipinski definition) is 0. The van der Waals surface area contributed by atoms with Crippen molar-refractivity contribution in [1.82, 2.24) is 15.0 Å². The quantitative estimate of drug-likeness (QED) is 0.798. The van der Waals surface area contributed by atoms with Crippen LogP contribution in [0, 0.1) is 11.7 Å². The number of nitrogens with zero attached hydrogens (tertiary/aromatic N) is 3. The summed E-state index contributed by atoms with van der Waals surface area (Å²) < 4.78 is 19.6. The number of hydrogen-bond acceptors (Lipinski definition) is 4. The summed E-state index contributed by atoms with van der Waals surface area (Å²) in [4.78, 5) is 11.9. The maximum absolute atomic E-state index is 12.8. The van der Waals surface area contributed by atoms with Gasteiger partial charge >= 0.3 is 5.97 Å². The van der Waals surface area contributed by atoms with Crippen LogP contribution >= 0.6 is 0 Å². The zero-order valence-electron chi connectivity index (χ0n) is 11.0. The normalized spacial score (nSPS) is 20.7. The van der Waals surface area contributed by atoms with E-state index in [1.807, 2.05) is 0 Å². The first kappa shape index (κ1) is 12.8. The van der Waals surface area contributed by atoms with Gasteiger partial charge in [0, 0.05) is 7.05 Å². The highest BCUT2D eigenvalue weighted by atomic mass is 19.1. The third-order valence-corrected chi connectivity index (χ3v) is 3.40. The Morgan fingerprint density at radius 2 is 2.20 bits per heavy atom. The van der Waals surface area contributed by atoms with E-state index in [4.69, 9.17) is 4.74 Å². The molecule has 1 aromatic carbocycles. The number of esters is 1. The number of aryl methyl sites for hydroxylation is 1. The number of ether oxygens (including phenoxy) is 1. The minimum Gasteiger partial charge on any atom is -0.459 e. The molecule has 1 fully saturated rings. The van der Waals surface area contributed by atoms with Crippen molar-refractivity contribution in [2.75, 3.05) is 0 Å². The smallest absolute Gasteiger partial charge is 0.309 e. The Bertz CT molecular complexity index is 624. The molecule has 104 valence electrons. The van der Waals surface area contributed by atoms with Crippen LogP contribution in [0.5, 0.6) is 0 Å². The zero-order valence-corrected chi connectivity index (χ0v) is 11.0. The van der Waals surface area contributed by atoms with Gasteiger partial charge in [0.15, 0.2) is 0 Å². The molecule has 0 N–H and O–H groups in total. The lowest BCUT2D eigenvalue weighted by molar-refractivity contribution is -0.146. The number of halogens is 1. The zero-order chi connectivity index (χ0) is 14.1. The second kappa shape index (κ2) is 5.03. The average molecular weight is 275 g/mol. The van der Waals surface area contributed by atoms with Crippen molar-refractivity contribution >= 4 is 5.97 Å². The topological polar surface area (TPSA) is 57.0 Å². The van der Waals surface area contributed by atoms with Crippen molar-refractivity contribution in [2.24, 2.45) is 13.0 Å². The predicted octanol–water partition coefficient (Wildman–Crippen LogP) is 1.80. The predicted molar refractivity (Wildman–Crippen MR) is 68.0 cm³/mol. The van der Waals surface area contributed by atoms with Crippen LogP contribution in [-0.4, -0.2) is 21.0 Å². The molecule has 2 atom stereocenters. The van der Waals surface area contributed by atoms with Crippen LogP contribution in [0.25, 0.3) is 0 Å². The molecule has 1 aliphatic carbocycles. The van der Waals surface area contributed by atoms with Crippen LogP contribution in [0.15, 0.2) is 30.5 Å². The van der Waals surface area contributed by atoms with Gasteiger partial charge < -0.3 is 4.74 Å². The molecule has 1 aromatic heterocycles. The Labute approximate surface area is 115 Å². The molecule has 1 saturated carbocycles. The first-order valence-corrected chi connectivity index (χ1v) is 6.41. The van der Waals surface area contributed by atoms with E-state index in [0.717, 1.165) is 12.0 Å². The van der Waals surface area contributed by atoms with Crippen molar-refractivity contribution in [1.29, 1.82) is 0 Å². The summed E-state index contributed by atoms with van der Waals surface area (Å²) in [7, 11) is 1.75. The Morgan fingerprint density at radius 3 is 2.85 bits per heavy atom. The van der Waals surface area contributed by atoms with Gasteiger partial charge in [0.05, 0.1) is 12.1 Å². The van der Waals surface area contributed by atoms with Gasteiger partial charge in [-0.1, -0.05) is 17.3 Å². The fourth-order valence-electron chi connectivity index (χ4n) is 2.25. The second-order valence-electron chi connectivity index (χ2n) is 4.99. The number of rotatable bonds is 4. The highest BCUT2D eigenvalue weighted by Gasteiger charge is 2.45. The van der Waals surface area contributed by atoms with Crippen molar-refractivity contribution in [3.05, 3.63) is 47.5 Å². The molecular formula is C14H14FN3O2. The number of aromatic nitrogens is 3. The van der Waals surface area contributed by atoms with Crippen LogP contribution < -0.4 is 0 Å². The summed E-state index contributed by atoms with van der Waals surface area (Å²) in [6, 6.07) is 6.26. The van der Waals surface area contributed by atoms with Gasteiger partial charge in [0.2, 0.25) is 0 Å². The standard InChI is InChI=1S/C14H14FN3O2/c1-18-7-11(16-17-18)8-20-14(19)13-6-12(13)9-2-4-10(15)5-3-9/h2-5,7,12-13H,6,8H2,1H3/t12-,13-/m1/s1. The van der Waals surface area contributed by atoms with E-state index in [9.17, 15) is 9.18 Å². The van der Waals surface area contributed by atoms with E-state index in [2.05, 4.69) is 10.3 Å². The molecule has 0 radical (unpaired) electrons. The molecule has 5 nitrogen and oxygen atoms in total. The van der Waals surface area contributed by atoms with Gasteiger partial charge in [-0.2, -0.15) is 0 Å². The van der Waals surface area contributed by atoms with E-state index in [1.54, 1.807) is 30.1 Å². The van der Waals surface area contributed by atoms with Gasteiger partial charge in [-0.05, 0) is 30.0 Å². The molecule has 1 aliphatic rings. The molecule has 2 aromatic rings. The first-order chi connectivity index (χ1) is 9.63. The van der Waals surface area contributed by atoms with E-state index < -0.39 is 0 Å². The van der Waals surface area contributed by atoms with Crippen molar-refractivity contribution in [3.8, 4) is 0 Å². The summed E-state index contributed by atoms with van der Waals surface area (Å²) in [5.74, 6) is -0.483. The molecule has 0 bridgehead atoms. The average Bonchev–Trinajstić information content (AvgIpc) is 3.13. The van der Waals surface area contributed by atoms with E-state index in [-0.39, 0.29) is 30.2 Å². The third kappa shape index (κ3) is 2.68. The monoisotopic (exact) mass is 275 g/mol. The molecule has 0 saturated heterocycles. The van der Waals surface area contributed by atoms with Crippen LogP contribution in [0.4, 0.5) is 4.39 Å². The van der Waals surface area contributed by atoms with Crippen molar-refractivity contribution in [2.45, 2.75) is 18.9 Å². The van der Waals surface area contributed by atoms with Crippen molar-refractivity contribution in [3.63, 3.8) is 0 Å². The minimum atomic E-state index is -0.267. The summed E-state index contributed by atoms with van der Waals surface area (Å²) in [5, 5.41) is 7.61. The van der Waals surface area contributed by atoms with Crippen LogP contribution in [-0.2, 0) is 23.2 Å². The lowest BCUT2D eigenvalue weighted by Gasteiger charge is -2.02. The molecule has 1 heterocycles. The third-order valence-electron chi connectivity index (χ3n) is 3.40. The Morgan fingerprint density at radius 1 is 1.45 bits per heavy atom. The summed E-state index contributed by atoms with van der Waals surface area (Å²) >= 11 is 0. The van der Waals surface area contributed by atoms with Crippen LogP contribution in [0.3, 0.4) is 0 Å². The highest BCUT2D eigenvalue weighted by molar-refractivity contribution is 5.77. The molecule has 0 spiro atoms. The molecule has 20 heavy (non-hydrogen) atoms. The van der Waals surface area contributed by atoms with Crippen molar-refractivity contribution < 1.29 is 13.9 Å². The van der Waals surface area contributed by atoms with Crippen LogP contribution in [0.2, 0.25) is 0 Å². The van der Waals surface area contributed by atoms with Gasteiger partial charge in [0.25, 0.3) is 0 Å². The summed E-state index contributed by atoms with van der Waals surface area (Å²) in [6.07, 6.45) is 2.46. The lowest BCUT2D eigenvalue weighted by Crippen LogP contribution is -2.08. The minimum absolute atomic E-state index is 0.128. The fourth-order valence-corrected chi connectivity index (χ4v) is 2.25. The van der Waals surface area contributed by atoms with E-state index >= 15 is 0 Å².